The maximum absolute atomic E-state index is 12.3. The summed E-state index contributed by atoms with van der Waals surface area (Å²) in [7, 11) is -4.30. The molecular formula is C10H9F3O4S. The second-order valence-electron chi connectivity index (χ2n) is 3.42. The Bertz CT molecular complexity index is 575. The number of hydrogen-bond acceptors (Lipinski definition) is 4. The first-order valence-electron chi connectivity index (χ1n) is 4.61. The number of carbonyl (C=O) groups is 1. The van der Waals surface area contributed by atoms with Gasteiger partial charge < -0.3 is 4.74 Å². The van der Waals surface area contributed by atoms with Crippen molar-refractivity contribution in [3.05, 3.63) is 29.3 Å². The van der Waals surface area contributed by atoms with Crippen LogP contribution in [0.4, 0.5) is 13.2 Å². The monoisotopic (exact) mass is 282 g/mol. The third-order valence-corrected chi connectivity index (χ3v) is 3.84. The largest absolute Gasteiger partial charge is 0.501 e. The summed E-state index contributed by atoms with van der Waals surface area (Å²) in [6, 6.07) is 2.74. The summed E-state index contributed by atoms with van der Waals surface area (Å²) in [5, 5.41) is 0. The lowest BCUT2D eigenvalue weighted by Gasteiger charge is -2.11. The van der Waals surface area contributed by atoms with E-state index in [9.17, 15) is 26.4 Å². The van der Waals surface area contributed by atoms with Crippen LogP contribution in [0.25, 0.3) is 0 Å². The highest BCUT2D eigenvalue weighted by Gasteiger charge is 2.47. The molecule has 0 saturated heterocycles. The van der Waals surface area contributed by atoms with Crippen molar-refractivity contribution < 1.29 is 31.1 Å². The van der Waals surface area contributed by atoms with Crippen LogP contribution < -0.4 is 0 Å². The highest BCUT2D eigenvalue weighted by Crippen LogP contribution is 2.32. The normalized spacial score (nSPS) is 12.3. The van der Waals surface area contributed by atoms with E-state index in [0.717, 1.165) is 25.3 Å². The quantitative estimate of drug-likeness (QED) is 0.779. The fourth-order valence-electron chi connectivity index (χ4n) is 1.32. The van der Waals surface area contributed by atoms with Crippen LogP contribution in [0.15, 0.2) is 23.1 Å². The molecule has 0 aromatic heterocycles. The SMILES string of the molecule is COC(=O)c1ccc(S(=O)(=O)C(F)(F)F)c(C)c1. The molecule has 0 bridgehead atoms. The van der Waals surface area contributed by atoms with E-state index >= 15 is 0 Å². The molecular weight excluding hydrogens is 273 g/mol. The van der Waals surface area contributed by atoms with Crippen LogP contribution in [0.1, 0.15) is 15.9 Å². The number of rotatable bonds is 2. The van der Waals surface area contributed by atoms with Crippen LogP contribution >= 0.6 is 0 Å². The Kier molecular flexibility index (Phi) is 3.70. The van der Waals surface area contributed by atoms with E-state index in [0.29, 0.717) is 0 Å². The number of halogens is 3. The summed E-state index contributed by atoms with van der Waals surface area (Å²) < 4.78 is 63.8. The predicted molar refractivity (Wildman–Crippen MR) is 55.8 cm³/mol. The first kappa shape index (κ1) is 14.5. The van der Waals surface area contributed by atoms with E-state index in [1.165, 1.54) is 6.92 Å². The minimum absolute atomic E-state index is 0.0175. The second kappa shape index (κ2) is 4.60. The van der Waals surface area contributed by atoms with Crippen LogP contribution in [-0.2, 0) is 14.6 Å². The van der Waals surface area contributed by atoms with Gasteiger partial charge in [0.15, 0.2) is 0 Å². The molecule has 1 aromatic rings. The lowest BCUT2D eigenvalue weighted by Crippen LogP contribution is -2.24. The fraction of sp³-hybridized carbons (Fsp3) is 0.300. The van der Waals surface area contributed by atoms with Gasteiger partial charge in [-0.1, -0.05) is 0 Å². The van der Waals surface area contributed by atoms with Crippen LogP contribution in [0, 0.1) is 6.92 Å². The number of alkyl halides is 3. The molecule has 0 amide bonds. The summed E-state index contributed by atoms with van der Waals surface area (Å²) in [6.07, 6.45) is 0. The fourth-order valence-corrected chi connectivity index (χ4v) is 2.30. The first-order chi connectivity index (χ1) is 8.11. The highest BCUT2D eigenvalue weighted by molar-refractivity contribution is 7.92. The van der Waals surface area contributed by atoms with Crippen molar-refractivity contribution in [2.24, 2.45) is 0 Å². The van der Waals surface area contributed by atoms with Gasteiger partial charge in [0.1, 0.15) is 0 Å². The van der Waals surface area contributed by atoms with Gasteiger partial charge in [0.25, 0.3) is 9.84 Å². The van der Waals surface area contributed by atoms with Crippen molar-refractivity contribution in [3.63, 3.8) is 0 Å². The molecule has 0 aliphatic rings. The predicted octanol–water partition coefficient (Wildman–Crippen LogP) is 2.08. The molecule has 0 fully saturated rings. The molecule has 0 radical (unpaired) electrons. The smallest absolute Gasteiger partial charge is 0.465 e. The number of esters is 1. The lowest BCUT2D eigenvalue weighted by atomic mass is 10.1. The number of sulfone groups is 1. The summed E-state index contributed by atoms with van der Waals surface area (Å²) in [6.45, 7) is 1.17. The molecule has 8 heteroatoms. The molecule has 1 rings (SSSR count). The van der Waals surface area contributed by atoms with E-state index < -0.39 is 26.2 Å². The van der Waals surface area contributed by atoms with Gasteiger partial charge in [-0.2, -0.15) is 13.2 Å². The maximum Gasteiger partial charge on any atom is 0.501 e. The van der Waals surface area contributed by atoms with Crippen molar-refractivity contribution in [2.75, 3.05) is 7.11 Å². The molecule has 1 aromatic carbocycles. The minimum Gasteiger partial charge on any atom is -0.465 e. The third-order valence-electron chi connectivity index (χ3n) is 2.19. The van der Waals surface area contributed by atoms with Gasteiger partial charge in [0.05, 0.1) is 17.6 Å². The molecule has 0 atom stereocenters. The number of methoxy groups -OCH3 is 1. The van der Waals surface area contributed by atoms with E-state index in [2.05, 4.69) is 4.74 Å². The van der Waals surface area contributed by atoms with Crippen molar-refractivity contribution in [1.29, 1.82) is 0 Å². The van der Waals surface area contributed by atoms with E-state index in [4.69, 9.17) is 0 Å². The van der Waals surface area contributed by atoms with E-state index in [1.807, 2.05) is 0 Å². The van der Waals surface area contributed by atoms with Gasteiger partial charge in [-0.15, -0.1) is 0 Å². The topological polar surface area (TPSA) is 60.4 Å². The summed E-state index contributed by atoms with van der Waals surface area (Å²) >= 11 is 0. The zero-order valence-corrected chi connectivity index (χ0v) is 10.2. The van der Waals surface area contributed by atoms with Crippen LogP contribution in [-0.4, -0.2) is 27.0 Å². The van der Waals surface area contributed by atoms with Crippen molar-refractivity contribution >= 4 is 15.8 Å². The molecule has 0 unspecified atom stereocenters. The number of aryl methyl sites for hydroxylation is 1. The van der Waals surface area contributed by atoms with Gasteiger partial charge >= 0.3 is 11.5 Å². The molecule has 0 saturated carbocycles. The second-order valence-corrected chi connectivity index (χ2v) is 5.33. The summed E-state index contributed by atoms with van der Waals surface area (Å²) in [5.41, 5.74) is -5.56. The minimum atomic E-state index is -5.41. The van der Waals surface area contributed by atoms with Gasteiger partial charge in [-0.3, -0.25) is 0 Å². The average molecular weight is 282 g/mol. The Hall–Kier alpha value is -1.57. The Labute approximate surface area is 101 Å². The third kappa shape index (κ3) is 2.47. The van der Waals surface area contributed by atoms with E-state index in [-0.39, 0.29) is 11.1 Å². The van der Waals surface area contributed by atoms with Gasteiger partial charge in [0, 0.05) is 0 Å². The summed E-state index contributed by atoms with van der Waals surface area (Å²) in [5.74, 6) is -0.756. The molecule has 18 heavy (non-hydrogen) atoms. The van der Waals surface area contributed by atoms with Gasteiger partial charge in [-0.25, -0.2) is 13.2 Å². The van der Waals surface area contributed by atoms with Gasteiger partial charge in [-0.05, 0) is 30.7 Å². The van der Waals surface area contributed by atoms with Crippen molar-refractivity contribution in [2.45, 2.75) is 17.3 Å². The zero-order chi connectivity index (χ0) is 14.1. The molecule has 4 nitrogen and oxygen atoms in total. The summed E-state index contributed by atoms with van der Waals surface area (Å²) in [4.78, 5) is 10.3. The van der Waals surface area contributed by atoms with Crippen molar-refractivity contribution in [3.8, 4) is 0 Å². The number of benzene rings is 1. The lowest BCUT2D eigenvalue weighted by molar-refractivity contribution is -0.0436. The Morgan fingerprint density at radius 1 is 1.28 bits per heavy atom. The average Bonchev–Trinajstić information content (AvgIpc) is 2.25. The standard InChI is InChI=1S/C10H9F3O4S/c1-6-5-7(9(14)17-2)3-4-8(6)18(15,16)10(11,12)13/h3-5H,1-2H3. The van der Waals surface area contributed by atoms with Gasteiger partial charge in [0.2, 0.25) is 0 Å². The number of carbonyl (C=O) groups excluding carboxylic acids is 1. The van der Waals surface area contributed by atoms with Crippen molar-refractivity contribution in [1.82, 2.24) is 0 Å². The molecule has 100 valence electrons. The molecule has 0 heterocycles. The number of hydrogen-bond donors (Lipinski definition) is 0. The Morgan fingerprint density at radius 3 is 2.22 bits per heavy atom. The molecule has 0 aliphatic carbocycles. The van der Waals surface area contributed by atoms with Crippen LogP contribution in [0.5, 0.6) is 0 Å². The van der Waals surface area contributed by atoms with Crippen LogP contribution in [0.3, 0.4) is 0 Å². The highest BCUT2D eigenvalue weighted by atomic mass is 32.2. The first-order valence-corrected chi connectivity index (χ1v) is 6.10. The Morgan fingerprint density at radius 2 is 1.83 bits per heavy atom. The van der Waals surface area contributed by atoms with Crippen LogP contribution in [0.2, 0.25) is 0 Å². The number of ether oxygens (including phenoxy) is 1. The zero-order valence-electron chi connectivity index (χ0n) is 9.41. The molecule has 0 N–H and O–H groups in total. The molecule has 0 aliphatic heterocycles. The van der Waals surface area contributed by atoms with E-state index in [1.54, 1.807) is 0 Å². The maximum atomic E-state index is 12.3. The Balaban J connectivity index is 3.36. The molecule has 0 spiro atoms.